The van der Waals surface area contributed by atoms with Crippen molar-refractivity contribution in [2.24, 2.45) is 5.92 Å². The number of hydrogen-bond acceptors (Lipinski definition) is 3. The quantitative estimate of drug-likeness (QED) is 0.895. The molecule has 1 aromatic rings. The summed E-state index contributed by atoms with van der Waals surface area (Å²) in [6.07, 6.45) is 2.82. The van der Waals surface area contributed by atoms with E-state index in [9.17, 15) is 9.59 Å². The molecule has 1 fully saturated rings. The molecule has 0 unspecified atom stereocenters. The average molecular weight is 281 g/mol. The maximum atomic E-state index is 12.1. The zero-order chi connectivity index (χ0) is 14.0. The summed E-state index contributed by atoms with van der Waals surface area (Å²) in [5, 5.41) is 12.0. The van der Waals surface area contributed by atoms with Crippen LogP contribution in [0.5, 0.6) is 0 Å². The van der Waals surface area contributed by atoms with E-state index in [1.54, 1.807) is 11.3 Å². The summed E-state index contributed by atoms with van der Waals surface area (Å²) in [6.45, 7) is 3.94. The van der Waals surface area contributed by atoms with Gasteiger partial charge in [0.1, 0.15) is 0 Å². The predicted octanol–water partition coefficient (Wildman–Crippen LogP) is 2.74. The van der Waals surface area contributed by atoms with Gasteiger partial charge in [-0.1, -0.05) is 0 Å². The van der Waals surface area contributed by atoms with Crippen LogP contribution < -0.4 is 5.32 Å². The second-order valence-corrected chi connectivity index (χ2v) is 6.65. The molecule has 1 amide bonds. The van der Waals surface area contributed by atoms with Crippen LogP contribution in [0.1, 0.15) is 45.8 Å². The zero-order valence-electron chi connectivity index (χ0n) is 11.2. The summed E-state index contributed by atoms with van der Waals surface area (Å²) in [5.74, 6) is -0.979. The van der Waals surface area contributed by atoms with Crippen LogP contribution in [0.3, 0.4) is 0 Å². The van der Waals surface area contributed by atoms with Crippen LogP contribution in [-0.4, -0.2) is 23.0 Å². The monoisotopic (exact) mass is 281 g/mol. The lowest BCUT2D eigenvalue weighted by atomic mass is 9.86. The van der Waals surface area contributed by atoms with E-state index in [1.807, 2.05) is 19.9 Å². The number of aryl methyl sites for hydroxylation is 2. The number of carbonyl (C=O) groups excluding carboxylic acids is 1. The van der Waals surface area contributed by atoms with Crippen LogP contribution in [-0.2, 0) is 4.79 Å². The molecule has 5 heteroatoms. The van der Waals surface area contributed by atoms with Gasteiger partial charge in [0.15, 0.2) is 0 Å². The third-order valence-corrected chi connectivity index (χ3v) is 4.66. The Morgan fingerprint density at radius 2 is 1.89 bits per heavy atom. The van der Waals surface area contributed by atoms with Gasteiger partial charge >= 0.3 is 5.97 Å². The lowest BCUT2D eigenvalue weighted by molar-refractivity contribution is -0.142. The molecule has 4 nitrogen and oxygen atoms in total. The summed E-state index contributed by atoms with van der Waals surface area (Å²) in [7, 11) is 0. The van der Waals surface area contributed by atoms with Crippen LogP contribution in [0.25, 0.3) is 0 Å². The molecule has 1 aliphatic carbocycles. The van der Waals surface area contributed by atoms with Gasteiger partial charge in [-0.25, -0.2) is 0 Å². The van der Waals surface area contributed by atoms with E-state index >= 15 is 0 Å². The fourth-order valence-electron chi connectivity index (χ4n) is 2.60. The number of carboxylic acid groups (broad SMARTS) is 1. The Morgan fingerprint density at radius 1 is 1.26 bits per heavy atom. The molecule has 1 aliphatic rings. The number of thiophene rings is 1. The number of carboxylic acids is 1. The van der Waals surface area contributed by atoms with E-state index < -0.39 is 5.97 Å². The SMILES string of the molecule is Cc1cc(C(=O)NC2CCC(C(=O)O)CC2)c(C)s1. The largest absolute Gasteiger partial charge is 0.481 e. The minimum atomic E-state index is -0.714. The minimum Gasteiger partial charge on any atom is -0.481 e. The molecule has 0 saturated heterocycles. The third kappa shape index (κ3) is 3.35. The van der Waals surface area contributed by atoms with Crippen LogP contribution in [0.2, 0.25) is 0 Å². The molecule has 2 N–H and O–H groups in total. The van der Waals surface area contributed by atoms with Gasteiger partial charge in [0.25, 0.3) is 5.91 Å². The molecule has 0 spiro atoms. The predicted molar refractivity (Wildman–Crippen MR) is 74.6 cm³/mol. The molecule has 19 heavy (non-hydrogen) atoms. The van der Waals surface area contributed by atoms with Gasteiger partial charge in [-0.15, -0.1) is 11.3 Å². The minimum absolute atomic E-state index is 0.0272. The molecule has 0 aromatic carbocycles. The Bertz CT molecular complexity index is 487. The Labute approximate surface area is 116 Å². The lowest BCUT2D eigenvalue weighted by Gasteiger charge is -2.26. The van der Waals surface area contributed by atoms with Gasteiger partial charge in [0.2, 0.25) is 0 Å². The fourth-order valence-corrected chi connectivity index (χ4v) is 3.53. The Morgan fingerprint density at radius 3 is 2.37 bits per heavy atom. The summed E-state index contributed by atoms with van der Waals surface area (Å²) < 4.78 is 0. The van der Waals surface area contributed by atoms with Crippen molar-refractivity contribution in [1.29, 1.82) is 0 Å². The second kappa shape index (κ2) is 5.74. The van der Waals surface area contributed by atoms with E-state index in [2.05, 4.69) is 5.32 Å². The Kier molecular flexibility index (Phi) is 4.24. The molecular formula is C14H19NO3S. The highest BCUT2D eigenvalue weighted by Gasteiger charge is 2.27. The summed E-state index contributed by atoms with van der Waals surface area (Å²) >= 11 is 1.63. The smallest absolute Gasteiger partial charge is 0.306 e. The zero-order valence-corrected chi connectivity index (χ0v) is 12.0. The standard InChI is InChI=1S/C14H19NO3S/c1-8-7-12(9(2)19-8)13(16)15-11-5-3-10(4-6-11)14(17)18/h7,10-11H,3-6H2,1-2H3,(H,15,16)(H,17,18). The van der Waals surface area contributed by atoms with E-state index in [0.29, 0.717) is 12.8 Å². The number of aliphatic carboxylic acids is 1. The maximum Gasteiger partial charge on any atom is 0.306 e. The van der Waals surface area contributed by atoms with Crippen molar-refractivity contribution in [3.63, 3.8) is 0 Å². The first-order valence-electron chi connectivity index (χ1n) is 6.58. The van der Waals surface area contributed by atoms with Gasteiger partial charge in [-0.05, 0) is 45.6 Å². The molecule has 104 valence electrons. The summed E-state index contributed by atoms with van der Waals surface area (Å²) in [5.41, 5.74) is 0.753. The normalized spacial score (nSPS) is 23.1. The first kappa shape index (κ1) is 14.1. The molecular weight excluding hydrogens is 262 g/mol. The van der Waals surface area contributed by atoms with Crippen molar-refractivity contribution in [1.82, 2.24) is 5.32 Å². The molecule has 0 atom stereocenters. The Hall–Kier alpha value is -1.36. The second-order valence-electron chi connectivity index (χ2n) is 5.19. The van der Waals surface area contributed by atoms with E-state index in [1.165, 1.54) is 0 Å². The molecule has 1 heterocycles. The van der Waals surface area contributed by atoms with Gasteiger partial charge in [-0.2, -0.15) is 0 Å². The molecule has 0 aliphatic heterocycles. The van der Waals surface area contributed by atoms with Crippen LogP contribution in [0.4, 0.5) is 0 Å². The number of rotatable bonds is 3. The third-order valence-electron chi connectivity index (χ3n) is 3.70. The van der Waals surface area contributed by atoms with Crippen LogP contribution >= 0.6 is 11.3 Å². The number of carbonyl (C=O) groups is 2. The van der Waals surface area contributed by atoms with Crippen molar-refractivity contribution in [2.45, 2.75) is 45.6 Å². The summed E-state index contributed by atoms with van der Waals surface area (Å²) in [4.78, 5) is 25.2. The van der Waals surface area contributed by atoms with Crippen LogP contribution in [0.15, 0.2) is 6.07 Å². The van der Waals surface area contributed by atoms with Crippen molar-refractivity contribution < 1.29 is 14.7 Å². The molecule has 1 aromatic heterocycles. The number of amides is 1. The van der Waals surface area contributed by atoms with Gasteiger partial charge in [0.05, 0.1) is 11.5 Å². The Balaban J connectivity index is 1.91. The van der Waals surface area contributed by atoms with Gasteiger partial charge in [-0.3, -0.25) is 9.59 Å². The molecule has 0 radical (unpaired) electrons. The molecule has 1 saturated carbocycles. The van der Waals surface area contributed by atoms with Crippen molar-refractivity contribution >= 4 is 23.2 Å². The van der Waals surface area contributed by atoms with E-state index in [-0.39, 0.29) is 17.9 Å². The lowest BCUT2D eigenvalue weighted by Crippen LogP contribution is -2.38. The topological polar surface area (TPSA) is 66.4 Å². The first-order chi connectivity index (χ1) is 8.97. The maximum absolute atomic E-state index is 12.1. The number of hydrogen-bond donors (Lipinski definition) is 2. The fraction of sp³-hybridized carbons (Fsp3) is 0.571. The highest BCUT2D eigenvalue weighted by molar-refractivity contribution is 7.12. The van der Waals surface area contributed by atoms with Gasteiger partial charge in [0, 0.05) is 15.8 Å². The summed E-state index contributed by atoms with van der Waals surface area (Å²) in [6, 6.07) is 2.03. The van der Waals surface area contributed by atoms with E-state index in [0.717, 1.165) is 28.2 Å². The van der Waals surface area contributed by atoms with Gasteiger partial charge < -0.3 is 10.4 Å². The highest BCUT2D eigenvalue weighted by Crippen LogP contribution is 2.25. The van der Waals surface area contributed by atoms with Crippen LogP contribution in [0, 0.1) is 19.8 Å². The molecule has 2 rings (SSSR count). The van der Waals surface area contributed by atoms with Crippen molar-refractivity contribution in [3.05, 3.63) is 21.4 Å². The van der Waals surface area contributed by atoms with Crippen molar-refractivity contribution in [3.8, 4) is 0 Å². The first-order valence-corrected chi connectivity index (χ1v) is 7.39. The highest BCUT2D eigenvalue weighted by atomic mass is 32.1. The van der Waals surface area contributed by atoms with Crippen molar-refractivity contribution in [2.75, 3.05) is 0 Å². The van der Waals surface area contributed by atoms with E-state index in [4.69, 9.17) is 5.11 Å². The molecule has 0 bridgehead atoms. The number of nitrogens with one attached hydrogen (secondary N) is 1. The average Bonchev–Trinajstić information content (AvgIpc) is 2.69.